The van der Waals surface area contributed by atoms with Crippen LogP contribution >= 0.6 is 11.6 Å². The number of fused-ring (bicyclic) bond motifs is 1. The van der Waals surface area contributed by atoms with Gasteiger partial charge < -0.3 is 5.32 Å². The highest BCUT2D eigenvalue weighted by atomic mass is 35.5. The van der Waals surface area contributed by atoms with Crippen molar-refractivity contribution >= 4 is 17.3 Å². The number of hydrogen-bond acceptors (Lipinski definition) is 1. The van der Waals surface area contributed by atoms with Crippen LogP contribution in [0.4, 0.5) is 5.69 Å². The average molecular weight is 286 g/mol. The lowest BCUT2D eigenvalue weighted by atomic mass is 9.66. The first-order valence-corrected chi connectivity index (χ1v) is 7.42. The van der Waals surface area contributed by atoms with E-state index in [2.05, 4.69) is 68.6 Å². The average Bonchev–Trinajstić information content (AvgIpc) is 2.40. The largest absolute Gasteiger partial charge is 0.380 e. The van der Waals surface area contributed by atoms with Gasteiger partial charge in [0.25, 0.3) is 0 Å². The van der Waals surface area contributed by atoms with Gasteiger partial charge in [0.2, 0.25) is 0 Å². The quantitative estimate of drug-likeness (QED) is 0.755. The zero-order valence-electron chi connectivity index (χ0n) is 12.2. The van der Waals surface area contributed by atoms with Crippen LogP contribution in [0.3, 0.4) is 0 Å². The first kappa shape index (κ1) is 13.5. The highest BCUT2D eigenvalue weighted by molar-refractivity contribution is 6.30. The van der Waals surface area contributed by atoms with Crippen LogP contribution in [0.1, 0.15) is 38.3 Å². The second kappa shape index (κ2) is 4.53. The molecule has 1 heterocycles. The van der Waals surface area contributed by atoms with Crippen molar-refractivity contribution in [1.82, 2.24) is 0 Å². The second-order valence-electron chi connectivity index (χ2n) is 6.57. The summed E-state index contributed by atoms with van der Waals surface area (Å²) in [5.41, 5.74) is 3.87. The molecule has 2 heteroatoms. The van der Waals surface area contributed by atoms with Gasteiger partial charge in [-0.05, 0) is 49.6 Å². The van der Waals surface area contributed by atoms with Gasteiger partial charge in [0.15, 0.2) is 0 Å². The van der Waals surface area contributed by atoms with Gasteiger partial charge in [0.1, 0.15) is 0 Å². The summed E-state index contributed by atoms with van der Waals surface area (Å²) in [6, 6.07) is 16.9. The highest BCUT2D eigenvalue weighted by Crippen LogP contribution is 2.47. The number of anilines is 1. The van der Waals surface area contributed by atoms with Crippen molar-refractivity contribution in [2.75, 3.05) is 5.32 Å². The molecule has 1 aliphatic rings. The molecule has 0 saturated carbocycles. The van der Waals surface area contributed by atoms with Crippen LogP contribution in [0.15, 0.2) is 48.5 Å². The predicted molar refractivity (Wildman–Crippen MR) is 86.7 cm³/mol. The molecule has 1 nitrogen and oxygen atoms in total. The summed E-state index contributed by atoms with van der Waals surface area (Å²) in [5, 5.41) is 4.43. The SMILES string of the molecule is CC1(C)CC(C)(c2ccccc2)c2cc(Cl)ccc2N1. The van der Waals surface area contributed by atoms with E-state index in [9.17, 15) is 0 Å². The molecule has 2 aromatic rings. The Morgan fingerprint density at radius 1 is 1.00 bits per heavy atom. The van der Waals surface area contributed by atoms with Crippen LogP contribution in [0.25, 0.3) is 0 Å². The Labute approximate surface area is 126 Å². The van der Waals surface area contributed by atoms with E-state index < -0.39 is 0 Å². The molecule has 2 aromatic carbocycles. The lowest BCUT2D eigenvalue weighted by Crippen LogP contribution is -2.45. The summed E-state index contributed by atoms with van der Waals surface area (Å²) in [7, 11) is 0. The fraction of sp³-hybridized carbons (Fsp3) is 0.333. The Balaban J connectivity index is 2.23. The standard InChI is InChI=1S/C18H20ClN/c1-17(2)12-18(3,13-7-5-4-6-8-13)15-11-14(19)9-10-16(15)20-17/h4-11,20H,12H2,1-3H3. The van der Waals surface area contributed by atoms with Crippen LogP contribution in [0.5, 0.6) is 0 Å². The van der Waals surface area contributed by atoms with Gasteiger partial charge in [0, 0.05) is 21.7 Å². The van der Waals surface area contributed by atoms with Gasteiger partial charge >= 0.3 is 0 Å². The van der Waals surface area contributed by atoms with E-state index in [0.29, 0.717) is 0 Å². The highest BCUT2D eigenvalue weighted by Gasteiger charge is 2.41. The number of hydrogen-bond donors (Lipinski definition) is 1. The zero-order valence-corrected chi connectivity index (χ0v) is 13.0. The van der Waals surface area contributed by atoms with E-state index in [1.165, 1.54) is 16.8 Å². The van der Waals surface area contributed by atoms with Crippen molar-refractivity contribution in [3.63, 3.8) is 0 Å². The second-order valence-corrected chi connectivity index (χ2v) is 7.01. The molecular weight excluding hydrogens is 266 g/mol. The van der Waals surface area contributed by atoms with Crippen molar-refractivity contribution < 1.29 is 0 Å². The van der Waals surface area contributed by atoms with Crippen LogP contribution in [0, 0.1) is 0 Å². The van der Waals surface area contributed by atoms with E-state index in [1.807, 2.05) is 6.07 Å². The molecule has 0 bridgehead atoms. The molecule has 0 radical (unpaired) electrons. The lowest BCUT2D eigenvalue weighted by molar-refractivity contribution is 0.378. The van der Waals surface area contributed by atoms with Gasteiger partial charge in [0.05, 0.1) is 0 Å². The lowest BCUT2D eigenvalue weighted by Gasteiger charge is -2.46. The first-order chi connectivity index (χ1) is 9.41. The molecule has 1 atom stereocenters. The fourth-order valence-corrected chi connectivity index (χ4v) is 3.71. The van der Waals surface area contributed by atoms with Crippen LogP contribution in [0.2, 0.25) is 5.02 Å². The third kappa shape index (κ3) is 2.20. The summed E-state index contributed by atoms with van der Waals surface area (Å²) >= 11 is 6.23. The molecule has 0 fully saturated rings. The maximum Gasteiger partial charge on any atom is 0.0410 e. The van der Waals surface area contributed by atoms with Gasteiger partial charge in [-0.1, -0.05) is 48.9 Å². The van der Waals surface area contributed by atoms with Gasteiger partial charge in [-0.2, -0.15) is 0 Å². The van der Waals surface area contributed by atoms with E-state index in [0.717, 1.165) is 11.4 Å². The molecule has 1 unspecified atom stereocenters. The minimum atomic E-state index is -0.0176. The summed E-state index contributed by atoms with van der Waals surface area (Å²) in [5.74, 6) is 0. The Bertz CT molecular complexity index is 633. The van der Waals surface area contributed by atoms with Gasteiger partial charge in [-0.25, -0.2) is 0 Å². The molecule has 0 aliphatic carbocycles. The number of rotatable bonds is 1. The third-order valence-electron chi connectivity index (χ3n) is 4.26. The fourth-order valence-electron chi connectivity index (χ4n) is 3.53. The van der Waals surface area contributed by atoms with E-state index in [-0.39, 0.29) is 11.0 Å². The number of nitrogens with one attached hydrogen (secondary N) is 1. The van der Waals surface area contributed by atoms with Crippen LogP contribution < -0.4 is 5.32 Å². The maximum atomic E-state index is 6.23. The predicted octanol–water partition coefficient (Wildman–Crippen LogP) is 5.24. The van der Waals surface area contributed by atoms with E-state index in [1.54, 1.807) is 0 Å². The molecule has 3 rings (SSSR count). The Hall–Kier alpha value is -1.47. The van der Waals surface area contributed by atoms with Crippen molar-refractivity contribution in [2.24, 2.45) is 0 Å². The molecule has 0 saturated heterocycles. The maximum absolute atomic E-state index is 6.23. The Morgan fingerprint density at radius 2 is 1.70 bits per heavy atom. The number of benzene rings is 2. The van der Waals surface area contributed by atoms with Crippen molar-refractivity contribution in [2.45, 2.75) is 38.1 Å². The smallest absolute Gasteiger partial charge is 0.0410 e. The molecule has 1 N–H and O–H groups in total. The monoisotopic (exact) mass is 285 g/mol. The zero-order chi connectivity index (χ0) is 14.4. The Morgan fingerprint density at radius 3 is 2.40 bits per heavy atom. The van der Waals surface area contributed by atoms with Crippen molar-refractivity contribution in [3.05, 3.63) is 64.7 Å². The molecule has 0 spiro atoms. The number of halogens is 1. The topological polar surface area (TPSA) is 12.0 Å². The minimum Gasteiger partial charge on any atom is -0.380 e. The Kier molecular flexibility index (Phi) is 3.06. The first-order valence-electron chi connectivity index (χ1n) is 7.04. The third-order valence-corrected chi connectivity index (χ3v) is 4.49. The molecule has 104 valence electrons. The molecular formula is C18H20ClN. The summed E-state index contributed by atoms with van der Waals surface area (Å²) in [6.07, 6.45) is 1.04. The summed E-state index contributed by atoms with van der Waals surface area (Å²) < 4.78 is 0. The molecule has 20 heavy (non-hydrogen) atoms. The van der Waals surface area contributed by atoms with Crippen molar-refractivity contribution in [1.29, 1.82) is 0 Å². The van der Waals surface area contributed by atoms with Crippen LogP contribution in [-0.4, -0.2) is 5.54 Å². The normalized spacial score (nSPS) is 23.8. The van der Waals surface area contributed by atoms with Crippen LogP contribution in [-0.2, 0) is 5.41 Å². The van der Waals surface area contributed by atoms with Gasteiger partial charge in [-0.3, -0.25) is 0 Å². The molecule has 0 aromatic heterocycles. The van der Waals surface area contributed by atoms with Gasteiger partial charge in [-0.15, -0.1) is 0 Å². The van der Waals surface area contributed by atoms with Crippen molar-refractivity contribution in [3.8, 4) is 0 Å². The molecule has 0 amide bonds. The summed E-state index contributed by atoms with van der Waals surface area (Å²) in [6.45, 7) is 6.83. The van der Waals surface area contributed by atoms with E-state index in [4.69, 9.17) is 11.6 Å². The summed E-state index contributed by atoms with van der Waals surface area (Å²) in [4.78, 5) is 0. The minimum absolute atomic E-state index is 0.0176. The van der Waals surface area contributed by atoms with E-state index >= 15 is 0 Å². The molecule has 1 aliphatic heterocycles.